The molecular weight excluding hydrogens is 289 g/mol. The lowest BCUT2D eigenvalue weighted by Crippen LogP contribution is -2.24. The van der Waals surface area contributed by atoms with Gasteiger partial charge in [-0.15, -0.1) is 0 Å². The fourth-order valence-corrected chi connectivity index (χ4v) is 2.36. The van der Waals surface area contributed by atoms with E-state index in [0.29, 0.717) is 0 Å². The summed E-state index contributed by atoms with van der Waals surface area (Å²) in [6.45, 7) is 6.05. The van der Waals surface area contributed by atoms with E-state index in [9.17, 15) is 4.79 Å². The molecule has 0 aromatic heterocycles. The molecule has 0 unspecified atom stereocenters. The molecule has 0 amide bonds. The number of carbonyl (C=O) groups excluding carboxylic acids is 1. The molecule has 0 bridgehead atoms. The van der Waals surface area contributed by atoms with E-state index in [1.54, 1.807) is 0 Å². The van der Waals surface area contributed by atoms with Gasteiger partial charge in [-0.3, -0.25) is 4.79 Å². The Balaban J connectivity index is 3.21. The predicted octanol–water partition coefficient (Wildman–Crippen LogP) is 2.95. The van der Waals surface area contributed by atoms with Crippen LogP contribution in [0.25, 0.3) is 0 Å². The van der Waals surface area contributed by atoms with E-state index in [4.69, 9.17) is 0 Å². The number of anilines is 1. The Morgan fingerprint density at radius 1 is 1.36 bits per heavy atom. The van der Waals surface area contributed by atoms with Gasteiger partial charge in [0.1, 0.15) is 0 Å². The second-order valence-corrected chi connectivity index (χ2v) is 4.13. The van der Waals surface area contributed by atoms with Crippen LogP contribution in [0.2, 0.25) is 0 Å². The van der Waals surface area contributed by atoms with Crippen LogP contribution in [-0.2, 0) is 0 Å². The molecule has 0 fully saturated rings. The lowest BCUT2D eigenvalue weighted by atomic mass is 10.2. The monoisotopic (exact) mass is 303 g/mol. The number of nitrogens with zero attached hydrogens (tertiary/aromatic N) is 1. The van der Waals surface area contributed by atoms with Crippen LogP contribution in [0.4, 0.5) is 5.69 Å². The summed E-state index contributed by atoms with van der Waals surface area (Å²) in [5.74, 6) is 0. The molecule has 0 aliphatic heterocycles. The molecule has 0 aliphatic carbocycles. The van der Waals surface area contributed by atoms with Gasteiger partial charge in [0, 0.05) is 22.2 Å². The van der Waals surface area contributed by atoms with Crippen molar-refractivity contribution in [2.24, 2.45) is 0 Å². The van der Waals surface area contributed by atoms with Gasteiger partial charge in [-0.25, -0.2) is 0 Å². The number of carbonyl (C=O) groups is 1. The molecule has 14 heavy (non-hydrogen) atoms. The van der Waals surface area contributed by atoms with Crippen molar-refractivity contribution in [2.75, 3.05) is 18.0 Å². The maximum Gasteiger partial charge on any atom is 0.152 e. The summed E-state index contributed by atoms with van der Waals surface area (Å²) in [5.41, 5.74) is 1.84. The summed E-state index contributed by atoms with van der Waals surface area (Å²) < 4.78 is 1.14. The van der Waals surface area contributed by atoms with Crippen LogP contribution in [-0.4, -0.2) is 19.4 Å². The molecule has 1 rings (SSSR count). The van der Waals surface area contributed by atoms with Crippen LogP contribution >= 0.6 is 22.6 Å². The smallest absolute Gasteiger partial charge is 0.152 e. The first kappa shape index (κ1) is 11.5. The third-order valence-electron chi connectivity index (χ3n) is 2.22. The lowest BCUT2D eigenvalue weighted by molar-refractivity contribution is 0.112. The number of hydrogen-bond acceptors (Lipinski definition) is 2. The molecular formula is C11H14INO. The molecule has 0 atom stereocenters. The third kappa shape index (κ3) is 2.26. The van der Waals surface area contributed by atoms with Crippen molar-refractivity contribution in [3.63, 3.8) is 0 Å². The lowest BCUT2D eigenvalue weighted by Gasteiger charge is -2.23. The van der Waals surface area contributed by atoms with Gasteiger partial charge in [-0.2, -0.15) is 0 Å². The van der Waals surface area contributed by atoms with E-state index < -0.39 is 0 Å². The standard InChI is InChI=1S/C11H14INO/c1-3-13(4-2)11-9(8-14)6-5-7-10(11)12/h5-8H,3-4H2,1-2H3. The number of rotatable bonds is 4. The van der Waals surface area contributed by atoms with Crippen molar-refractivity contribution in [3.8, 4) is 0 Å². The molecule has 1 aromatic carbocycles. The summed E-state index contributed by atoms with van der Waals surface area (Å²) in [5, 5.41) is 0. The zero-order chi connectivity index (χ0) is 10.6. The van der Waals surface area contributed by atoms with Gasteiger partial charge in [0.15, 0.2) is 6.29 Å². The zero-order valence-electron chi connectivity index (χ0n) is 8.46. The summed E-state index contributed by atoms with van der Waals surface area (Å²) in [6, 6.07) is 5.81. The van der Waals surface area contributed by atoms with Crippen LogP contribution < -0.4 is 4.90 Å². The molecule has 2 nitrogen and oxygen atoms in total. The van der Waals surface area contributed by atoms with Gasteiger partial charge in [0.05, 0.1) is 5.69 Å². The Bertz CT molecular complexity index is 321. The highest BCUT2D eigenvalue weighted by Gasteiger charge is 2.10. The Hall–Kier alpha value is -0.580. The predicted molar refractivity (Wildman–Crippen MR) is 68.1 cm³/mol. The zero-order valence-corrected chi connectivity index (χ0v) is 10.6. The fraction of sp³-hybridized carbons (Fsp3) is 0.364. The van der Waals surface area contributed by atoms with Crippen molar-refractivity contribution >= 4 is 34.6 Å². The van der Waals surface area contributed by atoms with E-state index in [1.165, 1.54) is 0 Å². The first-order valence-electron chi connectivity index (χ1n) is 4.73. The highest BCUT2D eigenvalue weighted by atomic mass is 127. The molecule has 76 valence electrons. The summed E-state index contributed by atoms with van der Waals surface area (Å²) in [4.78, 5) is 13.1. The Morgan fingerprint density at radius 2 is 2.00 bits per heavy atom. The SMILES string of the molecule is CCN(CC)c1c(I)cccc1C=O. The van der Waals surface area contributed by atoms with E-state index in [2.05, 4.69) is 41.3 Å². The first-order chi connectivity index (χ1) is 6.74. The molecule has 0 saturated carbocycles. The van der Waals surface area contributed by atoms with Gasteiger partial charge in [0.2, 0.25) is 0 Å². The van der Waals surface area contributed by atoms with E-state index in [-0.39, 0.29) is 0 Å². The molecule has 0 radical (unpaired) electrons. The minimum absolute atomic E-state index is 0.778. The number of hydrogen-bond donors (Lipinski definition) is 0. The van der Waals surface area contributed by atoms with Crippen molar-refractivity contribution in [1.82, 2.24) is 0 Å². The maximum absolute atomic E-state index is 10.9. The van der Waals surface area contributed by atoms with Crippen molar-refractivity contribution in [2.45, 2.75) is 13.8 Å². The minimum Gasteiger partial charge on any atom is -0.371 e. The number of aldehydes is 1. The van der Waals surface area contributed by atoms with Gasteiger partial charge < -0.3 is 4.90 Å². The normalized spacial score (nSPS) is 9.93. The summed E-state index contributed by atoms with van der Waals surface area (Å²) in [7, 11) is 0. The molecule has 0 saturated heterocycles. The van der Waals surface area contributed by atoms with Crippen LogP contribution in [0.5, 0.6) is 0 Å². The van der Waals surface area contributed by atoms with Gasteiger partial charge >= 0.3 is 0 Å². The second kappa shape index (κ2) is 5.34. The fourth-order valence-electron chi connectivity index (χ4n) is 1.50. The van der Waals surface area contributed by atoms with Gasteiger partial charge in [-0.1, -0.05) is 6.07 Å². The number of benzene rings is 1. The second-order valence-electron chi connectivity index (χ2n) is 2.97. The summed E-state index contributed by atoms with van der Waals surface area (Å²) in [6.07, 6.45) is 0.926. The van der Waals surface area contributed by atoms with Gasteiger partial charge in [0.25, 0.3) is 0 Å². The minimum atomic E-state index is 0.778. The van der Waals surface area contributed by atoms with Crippen molar-refractivity contribution < 1.29 is 4.79 Å². The van der Waals surface area contributed by atoms with E-state index in [1.807, 2.05) is 18.2 Å². The Kier molecular flexibility index (Phi) is 4.38. The quantitative estimate of drug-likeness (QED) is 0.629. The van der Waals surface area contributed by atoms with Crippen LogP contribution in [0, 0.1) is 3.57 Å². The molecule has 1 aromatic rings. The highest BCUT2D eigenvalue weighted by Crippen LogP contribution is 2.25. The average Bonchev–Trinajstić information content (AvgIpc) is 2.22. The number of para-hydroxylation sites is 1. The Morgan fingerprint density at radius 3 is 2.50 bits per heavy atom. The maximum atomic E-state index is 10.9. The Labute approximate surface area is 98.4 Å². The average molecular weight is 303 g/mol. The topological polar surface area (TPSA) is 20.3 Å². The van der Waals surface area contributed by atoms with E-state index >= 15 is 0 Å². The molecule has 0 spiro atoms. The van der Waals surface area contributed by atoms with Crippen LogP contribution in [0.15, 0.2) is 18.2 Å². The summed E-state index contributed by atoms with van der Waals surface area (Å²) >= 11 is 2.27. The van der Waals surface area contributed by atoms with E-state index in [0.717, 1.165) is 34.2 Å². The van der Waals surface area contributed by atoms with Crippen molar-refractivity contribution in [3.05, 3.63) is 27.3 Å². The largest absolute Gasteiger partial charge is 0.371 e. The molecule has 3 heteroatoms. The third-order valence-corrected chi connectivity index (χ3v) is 3.10. The molecule has 0 aliphatic rings. The van der Waals surface area contributed by atoms with Crippen LogP contribution in [0.3, 0.4) is 0 Å². The molecule has 0 N–H and O–H groups in total. The molecule has 0 heterocycles. The van der Waals surface area contributed by atoms with Crippen LogP contribution in [0.1, 0.15) is 24.2 Å². The highest BCUT2D eigenvalue weighted by molar-refractivity contribution is 14.1. The number of halogens is 1. The first-order valence-corrected chi connectivity index (χ1v) is 5.81. The van der Waals surface area contributed by atoms with Crippen molar-refractivity contribution in [1.29, 1.82) is 0 Å². The van der Waals surface area contributed by atoms with Gasteiger partial charge in [-0.05, 0) is 48.6 Å².